The van der Waals surface area contributed by atoms with Gasteiger partial charge >= 0.3 is 5.97 Å². The Hall–Kier alpha value is -1.71. The van der Waals surface area contributed by atoms with Gasteiger partial charge in [0.1, 0.15) is 11.5 Å². The number of fused-ring (bicyclic) bond motifs is 2. The standard InChI is InChI=1S/C20H24O4/c1-10-9-23-17-11(10)7-12-13-8-14-19(2,3)5-4-6-20(14,18(22)24-13)15(12)16(17)21/h7,10,13-14,21H,4-6,8-9H2,1-3H3/t10-,13?,14?,20+/m0/s1. The highest BCUT2D eigenvalue weighted by Gasteiger charge is 2.65. The normalized spacial score (nSPS) is 38.0. The van der Waals surface area contributed by atoms with Gasteiger partial charge in [-0.2, -0.15) is 0 Å². The van der Waals surface area contributed by atoms with Crippen LogP contribution < -0.4 is 4.74 Å². The van der Waals surface area contributed by atoms with Gasteiger partial charge in [0.05, 0.1) is 6.61 Å². The van der Waals surface area contributed by atoms with Gasteiger partial charge < -0.3 is 14.6 Å². The highest BCUT2D eigenvalue weighted by molar-refractivity contribution is 5.90. The van der Waals surface area contributed by atoms with E-state index in [1.54, 1.807) is 0 Å². The fraction of sp³-hybridized carbons (Fsp3) is 0.650. The molecule has 4 nitrogen and oxygen atoms in total. The number of esters is 1. The topological polar surface area (TPSA) is 55.8 Å². The van der Waals surface area contributed by atoms with E-state index >= 15 is 0 Å². The van der Waals surface area contributed by atoms with Gasteiger partial charge in [0.25, 0.3) is 0 Å². The van der Waals surface area contributed by atoms with E-state index in [4.69, 9.17) is 9.47 Å². The zero-order chi connectivity index (χ0) is 16.9. The van der Waals surface area contributed by atoms with Gasteiger partial charge in [0, 0.05) is 22.6 Å². The lowest BCUT2D eigenvalue weighted by molar-refractivity contribution is -0.185. The summed E-state index contributed by atoms with van der Waals surface area (Å²) in [6.07, 6.45) is 3.52. The van der Waals surface area contributed by atoms with Crippen LogP contribution in [0.3, 0.4) is 0 Å². The van der Waals surface area contributed by atoms with Crippen molar-refractivity contribution in [2.45, 2.75) is 63.9 Å². The van der Waals surface area contributed by atoms with E-state index in [0.29, 0.717) is 12.4 Å². The molecule has 6 rings (SSSR count). The van der Waals surface area contributed by atoms with Crippen LogP contribution in [0.2, 0.25) is 0 Å². The van der Waals surface area contributed by atoms with Crippen LogP contribution in [-0.4, -0.2) is 17.7 Å². The molecule has 2 fully saturated rings. The molecule has 0 amide bonds. The number of hydrogen-bond acceptors (Lipinski definition) is 4. The smallest absolute Gasteiger partial charge is 0.317 e. The average Bonchev–Trinajstić information content (AvgIpc) is 2.89. The number of ether oxygens (including phenoxy) is 2. The minimum absolute atomic E-state index is 0.0766. The van der Waals surface area contributed by atoms with Crippen molar-refractivity contribution in [2.75, 3.05) is 6.61 Å². The molecular weight excluding hydrogens is 304 g/mol. The lowest BCUT2D eigenvalue weighted by atomic mass is 9.47. The third-order valence-electron chi connectivity index (χ3n) is 7.11. The van der Waals surface area contributed by atoms with Crippen molar-refractivity contribution in [1.29, 1.82) is 0 Å². The fourth-order valence-corrected chi connectivity index (χ4v) is 5.92. The largest absolute Gasteiger partial charge is 0.504 e. The summed E-state index contributed by atoms with van der Waals surface area (Å²) in [5, 5.41) is 11.1. The van der Waals surface area contributed by atoms with Gasteiger partial charge in [-0.3, -0.25) is 4.79 Å². The predicted molar refractivity (Wildman–Crippen MR) is 88.3 cm³/mol. The first kappa shape index (κ1) is 14.6. The zero-order valence-corrected chi connectivity index (χ0v) is 14.5. The summed E-state index contributed by atoms with van der Waals surface area (Å²) in [5.41, 5.74) is 2.28. The van der Waals surface area contributed by atoms with Crippen molar-refractivity contribution in [2.24, 2.45) is 11.3 Å². The maximum absolute atomic E-state index is 13.0. The number of benzene rings is 1. The van der Waals surface area contributed by atoms with E-state index in [9.17, 15) is 9.90 Å². The van der Waals surface area contributed by atoms with Crippen molar-refractivity contribution < 1.29 is 19.4 Å². The zero-order valence-electron chi connectivity index (χ0n) is 14.5. The summed E-state index contributed by atoms with van der Waals surface area (Å²) >= 11 is 0. The van der Waals surface area contributed by atoms with E-state index in [2.05, 4.69) is 26.8 Å². The van der Waals surface area contributed by atoms with Crippen LogP contribution in [0.4, 0.5) is 0 Å². The van der Waals surface area contributed by atoms with Crippen molar-refractivity contribution >= 4 is 5.97 Å². The Morgan fingerprint density at radius 2 is 2.04 bits per heavy atom. The van der Waals surface area contributed by atoms with Crippen LogP contribution in [0, 0.1) is 11.3 Å². The average molecular weight is 328 g/mol. The Morgan fingerprint density at radius 1 is 1.25 bits per heavy atom. The van der Waals surface area contributed by atoms with E-state index in [1.165, 1.54) is 0 Å². The van der Waals surface area contributed by atoms with Gasteiger partial charge in [-0.1, -0.05) is 27.2 Å². The van der Waals surface area contributed by atoms with Crippen molar-refractivity contribution in [1.82, 2.24) is 0 Å². The Bertz CT molecular complexity index is 765. The second-order valence-electron chi connectivity index (χ2n) is 8.82. The minimum Gasteiger partial charge on any atom is -0.504 e. The summed E-state index contributed by atoms with van der Waals surface area (Å²) in [5.74, 6) is 1.16. The van der Waals surface area contributed by atoms with Crippen molar-refractivity contribution in [3.8, 4) is 11.5 Å². The first-order valence-electron chi connectivity index (χ1n) is 9.10. The summed E-state index contributed by atoms with van der Waals surface area (Å²) < 4.78 is 11.6. The highest BCUT2D eigenvalue weighted by atomic mass is 16.5. The third kappa shape index (κ3) is 1.49. The van der Waals surface area contributed by atoms with Gasteiger partial charge in [0.15, 0.2) is 11.5 Å². The molecule has 1 saturated carbocycles. The molecule has 0 aromatic heterocycles. The Morgan fingerprint density at radius 3 is 2.83 bits per heavy atom. The molecule has 1 N–H and O–H groups in total. The van der Waals surface area contributed by atoms with Crippen LogP contribution >= 0.6 is 0 Å². The fourth-order valence-electron chi connectivity index (χ4n) is 5.92. The lowest BCUT2D eigenvalue weighted by Gasteiger charge is -2.58. The van der Waals surface area contributed by atoms with E-state index in [1.807, 2.05) is 0 Å². The van der Waals surface area contributed by atoms with Gasteiger partial charge in [-0.15, -0.1) is 0 Å². The molecule has 128 valence electrons. The minimum atomic E-state index is -0.694. The van der Waals surface area contributed by atoms with Crippen LogP contribution in [-0.2, 0) is 14.9 Å². The Balaban J connectivity index is 1.81. The SMILES string of the molecule is C[C@H]1COc2c1cc1c(c2O)[C@@]23CCCC(C)(C)C2CC1OC3=O. The highest BCUT2D eigenvalue weighted by Crippen LogP contribution is 2.66. The van der Waals surface area contributed by atoms with Crippen LogP contribution in [0.25, 0.3) is 0 Å². The quantitative estimate of drug-likeness (QED) is 0.733. The number of aromatic hydroxyl groups is 1. The number of hydrogen-bond donors (Lipinski definition) is 1. The molecule has 0 radical (unpaired) electrons. The first-order chi connectivity index (χ1) is 11.4. The van der Waals surface area contributed by atoms with E-state index in [0.717, 1.165) is 42.4 Å². The molecule has 2 unspecified atom stereocenters. The molecule has 2 aliphatic carbocycles. The van der Waals surface area contributed by atoms with Gasteiger partial charge in [-0.05, 0) is 36.7 Å². The van der Waals surface area contributed by atoms with Crippen molar-refractivity contribution in [3.05, 3.63) is 22.8 Å². The summed E-state index contributed by atoms with van der Waals surface area (Å²) in [6.45, 7) is 7.22. The predicted octanol–water partition coefficient (Wildman–Crippen LogP) is 3.95. The lowest BCUT2D eigenvalue weighted by Crippen LogP contribution is -2.59. The molecule has 1 spiro atoms. The third-order valence-corrected chi connectivity index (χ3v) is 7.11. The van der Waals surface area contributed by atoms with Crippen LogP contribution in [0.15, 0.2) is 6.07 Å². The molecule has 1 aromatic carbocycles. The van der Waals surface area contributed by atoms with Gasteiger partial charge in [-0.25, -0.2) is 0 Å². The molecule has 1 aromatic rings. The molecule has 1 saturated heterocycles. The number of carbonyl (C=O) groups excluding carboxylic acids is 1. The molecule has 2 bridgehead atoms. The molecular formula is C20H24O4. The monoisotopic (exact) mass is 328 g/mol. The summed E-state index contributed by atoms with van der Waals surface area (Å²) in [4.78, 5) is 13.0. The number of phenols is 1. The number of rotatable bonds is 0. The second-order valence-corrected chi connectivity index (χ2v) is 8.82. The number of carbonyl (C=O) groups is 1. The van der Waals surface area contributed by atoms with Crippen molar-refractivity contribution in [3.63, 3.8) is 0 Å². The molecule has 5 aliphatic rings. The molecule has 4 heteroatoms. The van der Waals surface area contributed by atoms with Crippen LogP contribution in [0.1, 0.15) is 75.2 Å². The Labute approximate surface area is 142 Å². The van der Waals surface area contributed by atoms with Crippen LogP contribution in [0.5, 0.6) is 11.5 Å². The summed E-state index contributed by atoms with van der Waals surface area (Å²) in [6, 6.07) is 2.14. The van der Waals surface area contributed by atoms with Gasteiger partial charge in [0.2, 0.25) is 0 Å². The number of phenolic OH excluding ortho intramolecular Hbond substituents is 1. The van der Waals surface area contributed by atoms with E-state index in [-0.39, 0.29) is 35.1 Å². The molecule has 3 heterocycles. The van der Waals surface area contributed by atoms with E-state index < -0.39 is 5.41 Å². The maximum Gasteiger partial charge on any atom is 0.317 e. The Kier molecular flexibility index (Phi) is 2.60. The maximum atomic E-state index is 13.0. The molecule has 24 heavy (non-hydrogen) atoms. The molecule has 3 aliphatic heterocycles. The summed E-state index contributed by atoms with van der Waals surface area (Å²) in [7, 11) is 0. The first-order valence-corrected chi connectivity index (χ1v) is 9.10. The second kappa shape index (κ2) is 4.27. The molecule has 4 atom stereocenters.